The standard InChI is InChI=1S/C8H13N3O4/c1-8(14,7(12)13)4-9-3-2-6-10-5-11-15-6/h5,9,14H,2-4H2,1H3,(H,12,13). The Kier molecular flexibility index (Phi) is 3.75. The normalized spacial score (nSPS) is 14.8. The second-order valence-electron chi connectivity index (χ2n) is 3.34. The molecule has 1 heterocycles. The van der Waals surface area contributed by atoms with E-state index in [9.17, 15) is 9.90 Å². The van der Waals surface area contributed by atoms with Crippen molar-refractivity contribution in [1.29, 1.82) is 0 Å². The Morgan fingerprint density at radius 2 is 2.47 bits per heavy atom. The lowest BCUT2D eigenvalue weighted by Gasteiger charge is -2.17. The lowest BCUT2D eigenvalue weighted by molar-refractivity contribution is -0.156. The molecule has 0 aliphatic carbocycles. The minimum Gasteiger partial charge on any atom is -0.479 e. The maximum atomic E-state index is 10.5. The van der Waals surface area contributed by atoms with E-state index < -0.39 is 11.6 Å². The van der Waals surface area contributed by atoms with Crippen LogP contribution in [0.25, 0.3) is 0 Å². The smallest absolute Gasteiger partial charge is 0.336 e. The van der Waals surface area contributed by atoms with Crippen molar-refractivity contribution in [3.63, 3.8) is 0 Å². The molecule has 7 nitrogen and oxygen atoms in total. The second kappa shape index (κ2) is 4.85. The number of hydrogen-bond donors (Lipinski definition) is 3. The molecule has 0 aromatic carbocycles. The Bertz CT molecular complexity index is 310. The van der Waals surface area contributed by atoms with Gasteiger partial charge in [-0.1, -0.05) is 5.16 Å². The van der Waals surface area contributed by atoms with Gasteiger partial charge in [0.2, 0.25) is 5.89 Å². The molecule has 84 valence electrons. The van der Waals surface area contributed by atoms with Gasteiger partial charge in [0.15, 0.2) is 11.9 Å². The van der Waals surface area contributed by atoms with Crippen molar-refractivity contribution in [2.75, 3.05) is 13.1 Å². The van der Waals surface area contributed by atoms with Crippen molar-refractivity contribution in [2.24, 2.45) is 0 Å². The molecule has 0 aliphatic heterocycles. The molecule has 1 atom stereocenters. The number of aliphatic carboxylic acids is 1. The number of rotatable bonds is 6. The van der Waals surface area contributed by atoms with Gasteiger partial charge in [-0.25, -0.2) is 4.79 Å². The summed E-state index contributed by atoms with van der Waals surface area (Å²) in [6.45, 7) is 1.66. The molecule has 1 rings (SSSR count). The number of aliphatic hydroxyl groups is 1. The van der Waals surface area contributed by atoms with E-state index in [1.165, 1.54) is 13.3 Å². The summed E-state index contributed by atoms with van der Waals surface area (Å²) in [5.41, 5.74) is -1.76. The Balaban J connectivity index is 2.19. The van der Waals surface area contributed by atoms with E-state index in [0.717, 1.165) is 0 Å². The fraction of sp³-hybridized carbons (Fsp3) is 0.625. The summed E-state index contributed by atoms with van der Waals surface area (Å²) in [6, 6.07) is 0. The summed E-state index contributed by atoms with van der Waals surface area (Å²) >= 11 is 0. The first-order chi connectivity index (χ1) is 7.02. The lowest BCUT2D eigenvalue weighted by atomic mass is 10.1. The lowest BCUT2D eigenvalue weighted by Crippen LogP contribution is -2.45. The second-order valence-corrected chi connectivity index (χ2v) is 3.34. The highest BCUT2D eigenvalue weighted by molar-refractivity contribution is 5.76. The van der Waals surface area contributed by atoms with Gasteiger partial charge in [0.25, 0.3) is 0 Å². The van der Waals surface area contributed by atoms with Crippen molar-refractivity contribution in [3.8, 4) is 0 Å². The first-order valence-corrected chi connectivity index (χ1v) is 4.44. The number of nitrogens with one attached hydrogen (secondary N) is 1. The van der Waals surface area contributed by atoms with E-state index in [1.807, 2.05) is 0 Å². The van der Waals surface area contributed by atoms with E-state index in [2.05, 4.69) is 15.5 Å². The minimum atomic E-state index is -1.76. The maximum absolute atomic E-state index is 10.5. The van der Waals surface area contributed by atoms with Crippen LogP contribution >= 0.6 is 0 Å². The quantitative estimate of drug-likeness (QED) is 0.524. The summed E-state index contributed by atoms with van der Waals surface area (Å²) in [4.78, 5) is 14.3. The Morgan fingerprint density at radius 3 is 3.00 bits per heavy atom. The summed E-state index contributed by atoms with van der Waals surface area (Å²) in [7, 11) is 0. The molecule has 0 radical (unpaired) electrons. The molecule has 0 saturated carbocycles. The molecular formula is C8H13N3O4. The SMILES string of the molecule is CC(O)(CNCCc1ncno1)C(=O)O. The fourth-order valence-electron chi connectivity index (χ4n) is 0.909. The molecule has 0 bridgehead atoms. The summed E-state index contributed by atoms with van der Waals surface area (Å²) in [6.07, 6.45) is 1.79. The highest BCUT2D eigenvalue weighted by Gasteiger charge is 2.28. The van der Waals surface area contributed by atoms with Crippen LogP contribution < -0.4 is 5.32 Å². The molecule has 0 spiro atoms. The number of aromatic nitrogens is 2. The van der Waals surface area contributed by atoms with Gasteiger partial charge in [0, 0.05) is 19.5 Å². The zero-order chi connectivity index (χ0) is 11.3. The van der Waals surface area contributed by atoms with E-state index in [0.29, 0.717) is 18.9 Å². The van der Waals surface area contributed by atoms with Gasteiger partial charge in [-0.3, -0.25) is 0 Å². The molecule has 0 saturated heterocycles. The van der Waals surface area contributed by atoms with Gasteiger partial charge < -0.3 is 20.1 Å². The van der Waals surface area contributed by atoms with Crippen LogP contribution in [-0.2, 0) is 11.2 Å². The molecule has 0 fully saturated rings. The maximum Gasteiger partial charge on any atom is 0.336 e. The third kappa shape index (κ3) is 3.64. The number of hydrogen-bond acceptors (Lipinski definition) is 6. The Labute approximate surface area is 86.1 Å². The van der Waals surface area contributed by atoms with E-state index in [1.54, 1.807) is 0 Å². The summed E-state index contributed by atoms with van der Waals surface area (Å²) < 4.78 is 4.73. The predicted octanol–water partition coefficient (Wildman–Crippen LogP) is -0.963. The van der Waals surface area contributed by atoms with Crippen LogP contribution in [0.1, 0.15) is 12.8 Å². The monoisotopic (exact) mass is 215 g/mol. The van der Waals surface area contributed by atoms with Gasteiger partial charge in [0.1, 0.15) is 0 Å². The van der Waals surface area contributed by atoms with Gasteiger partial charge >= 0.3 is 5.97 Å². The topological polar surface area (TPSA) is 108 Å². The average molecular weight is 215 g/mol. The minimum absolute atomic E-state index is 0.0313. The number of nitrogens with zero attached hydrogens (tertiary/aromatic N) is 2. The van der Waals surface area contributed by atoms with Gasteiger partial charge in [-0.05, 0) is 6.92 Å². The van der Waals surface area contributed by atoms with E-state index in [4.69, 9.17) is 9.63 Å². The zero-order valence-electron chi connectivity index (χ0n) is 8.30. The van der Waals surface area contributed by atoms with Crippen molar-refractivity contribution < 1.29 is 19.5 Å². The molecule has 15 heavy (non-hydrogen) atoms. The Hall–Kier alpha value is -1.47. The molecular weight excluding hydrogens is 202 g/mol. The van der Waals surface area contributed by atoms with Crippen molar-refractivity contribution in [3.05, 3.63) is 12.2 Å². The van der Waals surface area contributed by atoms with Crippen LogP contribution in [0.2, 0.25) is 0 Å². The first kappa shape index (κ1) is 11.6. The van der Waals surface area contributed by atoms with Gasteiger partial charge in [-0.2, -0.15) is 4.98 Å². The van der Waals surface area contributed by atoms with E-state index in [-0.39, 0.29) is 6.54 Å². The highest BCUT2D eigenvalue weighted by Crippen LogP contribution is 2.00. The third-order valence-electron chi connectivity index (χ3n) is 1.85. The molecule has 1 aromatic heterocycles. The highest BCUT2D eigenvalue weighted by atomic mass is 16.5. The van der Waals surface area contributed by atoms with Crippen LogP contribution in [0.5, 0.6) is 0 Å². The van der Waals surface area contributed by atoms with Crippen LogP contribution in [0.3, 0.4) is 0 Å². The van der Waals surface area contributed by atoms with Gasteiger partial charge in [-0.15, -0.1) is 0 Å². The first-order valence-electron chi connectivity index (χ1n) is 4.44. The van der Waals surface area contributed by atoms with Crippen LogP contribution in [0.15, 0.2) is 10.9 Å². The van der Waals surface area contributed by atoms with Crippen molar-refractivity contribution in [1.82, 2.24) is 15.5 Å². The van der Waals surface area contributed by atoms with Crippen molar-refractivity contribution >= 4 is 5.97 Å². The molecule has 1 aromatic rings. The molecule has 1 unspecified atom stereocenters. The molecule has 3 N–H and O–H groups in total. The zero-order valence-corrected chi connectivity index (χ0v) is 8.30. The number of carboxylic acid groups (broad SMARTS) is 1. The van der Waals surface area contributed by atoms with E-state index >= 15 is 0 Å². The average Bonchev–Trinajstić information content (AvgIpc) is 2.64. The predicted molar refractivity (Wildman–Crippen MR) is 49.1 cm³/mol. The number of carbonyl (C=O) groups is 1. The summed E-state index contributed by atoms with van der Waals surface area (Å²) in [5, 5.41) is 24.1. The van der Waals surface area contributed by atoms with Crippen LogP contribution in [0, 0.1) is 0 Å². The molecule has 7 heteroatoms. The molecule has 0 amide bonds. The van der Waals surface area contributed by atoms with Gasteiger partial charge in [0.05, 0.1) is 0 Å². The van der Waals surface area contributed by atoms with Crippen LogP contribution in [-0.4, -0.2) is 45.0 Å². The van der Waals surface area contributed by atoms with Crippen molar-refractivity contribution in [2.45, 2.75) is 18.9 Å². The fourth-order valence-corrected chi connectivity index (χ4v) is 0.909. The largest absolute Gasteiger partial charge is 0.479 e. The number of carboxylic acids is 1. The third-order valence-corrected chi connectivity index (χ3v) is 1.85. The summed E-state index contributed by atoms with van der Waals surface area (Å²) in [5.74, 6) is -0.787. The van der Waals surface area contributed by atoms with Crippen LogP contribution in [0.4, 0.5) is 0 Å². The molecule has 0 aliphatic rings. The Morgan fingerprint density at radius 1 is 1.73 bits per heavy atom.